The van der Waals surface area contributed by atoms with E-state index in [0.29, 0.717) is 13.0 Å². The lowest BCUT2D eigenvalue weighted by Gasteiger charge is -2.32. The normalized spacial score (nSPS) is 20.0. The number of rotatable bonds is 2. The van der Waals surface area contributed by atoms with E-state index < -0.39 is 12.0 Å². The summed E-state index contributed by atoms with van der Waals surface area (Å²) in [6.07, 6.45) is 6.42. The Labute approximate surface area is 98.3 Å². The predicted octanol–water partition coefficient (Wildman–Crippen LogP) is 0.556. The predicted molar refractivity (Wildman–Crippen MR) is 58.3 cm³/mol. The minimum absolute atomic E-state index is 0.195. The number of aliphatic carboxylic acids is 1. The second kappa shape index (κ2) is 4.90. The van der Waals surface area contributed by atoms with Crippen molar-refractivity contribution >= 4 is 11.9 Å². The zero-order valence-corrected chi connectivity index (χ0v) is 9.24. The fourth-order valence-corrected chi connectivity index (χ4v) is 1.99. The molecular formula is C11H13N3O3. The maximum absolute atomic E-state index is 12.1. The summed E-state index contributed by atoms with van der Waals surface area (Å²) in [5, 5.41) is 9.07. The van der Waals surface area contributed by atoms with Gasteiger partial charge in [0.25, 0.3) is 5.91 Å². The smallest absolute Gasteiger partial charge is 0.326 e. The molecule has 0 aliphatic carbocycles. The van der Waals surface area contributed by atoms with Crippen molar-refractivity contribution in [2.75, 3.05) is 6.54 Å². The third kappa shape index (κ3) is 2.41. The van der Waals surface area contributed by atoms with Crippen LogP contribution in [0.2, 0.25) is 0 Å². The van der Waals surface area contributed by atoms with Gasteiger partial charge in [-0.3, -0.25) is 9.78 Å². The van der Waals surface area contributed by atoms with Crippen LogP contribution in [-0.2, 0) is 4.79 Å². The standard InChI is InChI=1S/C11H13N3O3/c15-10(8-7-12-4-5-13-8)14-6-2-1-3-9(14)11(16)17/h4-5,7,9H,1-3,6H2,(H,16,17)/t9-/m1/s1. The van der Waals surface area contributed by atoms with Gasteiger partial charge < -0.3 is 10.0 Å². The quantitative estimate of drug-likeness (QED) is 0.809. The molecule has 0 spiro atoms. The first-order valence-electron chi connectivity index (χ1n) is 5.50. The molecule has 1 saturated heterocycles. The lowest BCUT2D eigenvalue weighted by molar-refractivity contribution is -0.143. The van der Waals surface area contributed by atoms with Gasteiger partial charge in [0.1, 0.15) is 11.7 Å². The molecule has 1 aliphatic rings. The Morgan fingerprint density at radius 2 is 2.18 bits per heavy atom. The van der Waals surface area contributed by atoms with Gasteiger partial charge in [-0.05, 0) is 19.3 Å². The van der Waals surface area contributed by atoms with Gasteiger partial charge >= 0.3 is 5.97 Å². The molecule has 0 bridgehead atoms. The van der Waals surface area contributed by atoms with Crippen LogP contribution in [0, 0.1) is 0 Å². The molecule has 1 amide bonds. The van der Waals surface area contributed by atoms with E-state index in [1.54, 1.807) is 0 Å². The SMILES string of the molecule is O=C(O)[C@H]1CCCCN1C(=O)c1cnccn1. The molecule has 6 heteroatoms. The molecule has 2 rings (SSSR count). The molecule has 1 aromatic rings. The number of carboxylic acid groups (broad SMARTS) is 1. The van der Waals surface area contributed by atoms with Crippen LogP contribution in [0.25, 0.3) is 0 Å². The molecule has 1 fully saturated rings. The molecule has 0 aromatic carbocycles. The lowest BCUT2D eigenvalue weighted by Crippen LogP contribution is -2.48. The Kier molecular flexibility index (Phi) is 3.32. The number of amides is 1. The van der Waals surface area contributed by atoms with Crippen molar-refractivity contribution in [2.24, 2.45) is 0 Å². The minimum Gasteiger partial charge on any atom is -0.480 e. The van der Waals surface area contributed by atoms with Crippen LogP contribution in [0.1, 0.15) is 29.8 Å². The third-order valence-corrected chi connectivity index (χ3v) is 2.83. The molecule has 0 saturated carbocycles. The summed E-state index contributed by atoms with van der Waals surface area (Å²) in [6.45, 7) is 0.465. The van der Waals surface area contributed by atoms with Crippen molar-refractivity contribution in [3.8, 4) is 0 Å². The maximum Gasteiger partial charge on any atom is 0.326 e. The molecule has 0 unspecified atom stereocenters. The van der Waals surface area contributed by atoms with Crippen molar-refractivity contribution in [3.63, 3.8) is 0 Å². The van der Waals surface area contributed by atoms with Crippen LogP contribution >= 0.6 is 0 Å². The van der Waals surface area contributed by atoms with Crippen LogP contribution in [0.5, 0.6) is 0 Å². The molecule has 6 nitrogen and oxygen atoms in total. The van der Waals surface area contributed by atoms with E-state index in [2.05, 4.69) is 9.97 Å². The van der Waals surface area contributed by atoms with Crippen molar-refractivity contribution < 1.29 is 14.7 Å². The van der Waals surface area contributed by atoms with Gasteiger partial charge in [-0.2, -0.15) is 0 Å². The number of likely N-dealkylation sites (tertiary alicyclic amines) is 1. The van der Waals surface area contributed by atoms with E-state index in [1.807, 2.05) is 0 Å². The highest BCUT2D eigenvalue weighted by Crippen LogP contribution is 2.19. The Morgan fingerprint density at radius 3 is 2.82 bits per heavy atom. The van der Waals surface area contributed by atoms with Gasteiger partial charge in [0, 0.05) is 18.9 Å². The average Bonchev–Trinajstić information content (AvgIpc) is 2.39. The van der Waals surface area contributed by atoms with Gasteiger partial charge in [-0.25, -0.2) is 9.78 Å². The van der Waals surface area contributed by atoms with Gasteiger partial charge in [0.15, 0.2) is 0 Å². The van der Waals surface area contributed by atoms with E-state index in [9.17, 15) is 9.59 Å². The first-order chi connectivity index (χ1) is 8.20. The van der Waals surface area contributed by atoms with Gasteiger partial charge in [0.2, 0.25) is 0 Å². The molecule has 1 atom stereocenters. The summed E-state index contributed by atoms with van der Waals surface area (Å²) < 4.78 is 0. The number of piperidine rings is 1. The number of carboxylic acids is 1. The Morgan fingerprint density at radius 1 is 1.35 bits per heavy atom. The summed E-state index contributed by atoms with van der Waals surface area (Å²) >= 11 is 0. The molecule has 1 aliphatic heterocycles. The fraction of sp³-hybridized carbons (Fsp3) is 0.455. The summed E-state index contributed by atoms with van der Waals surface area (Å²) in [5.41, 5.74) is 0.195. The number of hydrogen-bond donors (Lipinski definition) is 1. The van der Waals surface area contributed by atoms with Gasteiger partial charge in [-0.15, -0.1) is 0 Å². The van der Waals surface area contributed by atoms with Crippen LogP contribution in [0.3, 0.4) is 0 Å². The van der Waals surface area contributed by atoms with E-state index in [1.165, 1.54) is 23.5 Å². The number of carbonyl (C=O) groups is 2. The Balaban J connectivity index is 2.20. The summed E-state index contributed by atoms with van der Waals surface area (Å²) in [5.74, 6) is -1.31. The molecule has 90 valence electrons. The van der Waals surface area contributed by atoms with Crippen molar-refractivity contribution in [3.05, 3.63) is 24.3 Å². The minimum atomic E-state index is -0.957. The Hall–Kier alpha value is -1.98. The van der Waals surface area contributed by atoms with E-state index in [4.69, 9.17) is 5.11 Å². The average molecular weight is 235 g/mol. The van der Waals surface area contributed by atoms with Crippen molar-refractivity contribution in [1.82, 2.24) is 14.9 Å². The number of hydrogen-bond acceptors (Lipinski definition) is 4. The largest absolute Gasteiger partial charge is 0.480 e. The summed E-state index contributed by atoms with van der Waals surface area (Å²) in [6, 6.07) is -0.738. The van der Waals surface area contributed by atoms with Gasteiger partial charge in [0.05, 0.1) is 6.20 Å². The van der Waals surface area contributed by atoms with Crippen LogP contribution in [-0.4, -0.2) is 44.4 Å². The first kappa shape index (κ1) is 11.5. The van der Waals surface area contributed by atoms with Crippen molar-refractivity contribution in [1.29, 1.82) is 0 Å². The molecule has 0 radical (unpaired) electrons. The number of carbonyl (C=O) groups excluding carboxylic acids is 1. The number of aromatic nitrogens is 2. The molecular weight excluding hydrogens is 222 g/mol. The van der Waals surface area contributed by atoms with Gasteiger partial charge in [-0.1, -0.05) is 0 Å². The van der Waals surface area contributed by atoms with E-state index in [-0.39, 0.29) is 11.6 Å². The van der Waals surface area contributed by atoms with Crippen LogP contribution in [0.4, 0.5) is 0 Å². The van der Waals surface area contributed by atoms with Crippen LogP contribution < -0.4 is 0 Å². The monoisotopic (exact) mass is 235 g/mol. The summed E-state index contributed by atoms with van der Waals surface area (Å²) in [4.78, 5) is 32.2. The lowest BCUT2D eigenvalue weighted by atomic mass is 10.0. The second-order valence-electron chi connectivity index (χ2n) is 3.94. The first-order valence-corrected chi connectivity index (χ1v) is 5.50. The molecule has 1 N–H and O–H groups in total. The van der Waals surface area contributed by atoms with Crippen LogP contribution in [0.15, 0.2) is 18.6 Å². The van der Waals surface area contributed by atoms with E-state index >= 15 is 0 Å². The maximum atomic E-state index is 12.1. The highest BCUT2D eigenvalue weighted by molar-refractivity contribution is 5.94. The molecule has 2 heterocycles. The third-order valence-electron chi connectivity index (χ3n) is 2.83. The van der Waals surface area contributed by atoms with Crippen molar-refractivity contribution in [2.45, 2.75) is 25.3 Å². The fourth-order valence-electron chi connectivity index (χ4n) is 1.99. The highest BCUT2D eigenvalue weighted by Gasteiger charge is 2.32. The molecule has 1 aromatic heterocycles. The molecule has 17 heavy (non-hydrogen) atoms. The second-order valence-corrected chi connectivity index (χ2v) is 3.94. The highest BCUT2D eigenvalue weighted by atomic mass is 16.4. The summed E-state index contributed by atoms with van der Waals surface area (Å²) in [7, 11) is 0. The topological polar surface area (TPSA) is 83.4 Å². The number of nitrogens with zero attached hydrogens (tertiary/aromatic N) is 3. The Bertz CT molecular complexity index is 421. The zero-order chi connectivity index (χ0) is 12.3. The van der Waals surface area contributed by atoms with E-state index in [0.717, 1.165) is 12.8 Å². The zero-order valence-electron chi connectivity index (χ0n) is 9.24.